The monoisotopic (exact) mass is 460 g/mol. The molecule has 0 fully saturated rings. The summed E-state index contributed by atoms with van der Waals surface area (Å²) < 4.78 is 7.80. The van der Waals surface area contributed by atoms with Crippen molar-refractivity contribution in [2.75, 3.05) is 24.4 Å². The summed E-state index contributed by atoms with van der Waals surface area (Å²) in [5.74, 6) is -0.407. The first kappa shape index (κ1) is 23.3. The number of ether oxygens (including phenoxy) is 1. The number of hydrogen-bond acceptors (Lipinski definition) is 6. The zero-order chi connectivity index (χ0) is 23.3. The second-order valence-electron chi connectivity index (χ2n) is 7.16. The van der Waals surface area contributed by atoms with Crippen LogP contribution >= 0.6 is 11.6 Å². The molecule has 0 unspecified atom stereocenters. The number of hydrogen-bond donors (Lipinski definition) is 3. The molecule has 3 rings (SSSR count). The number of amides is 1. The zero-order valence-corrected chi connectivity index (χ0v) is 18.8. The normalized spacial score (nSPS) is 10.9. The number of anilines is 2. The summed E-state index contributed by atoms with van der Waals surface area (Å²) in [4.78, 5) is 40.2. The van der Waals surface area contributed by atoms with Crippen molar-refractivity contribution in [1.29, 1.82) is 0 Å². The molecular formula is C21H25ClN6O4. The minimum atomic E-state index is -0.651. The fourth-order valence-electron chi connectivity index (χ4n) is 3.18. The van der Waals surface area contributed by atoms with Gasteiger partial charge >= 0.3 is 5.69 Å². The lowest BCUT2D eigenvalue weighted by molar-refractivity contribution is -0.117. The average Bonchev–Trinajstić information content (AvgIpc) is 3.00. The van der Waals surface area contributed by atoms with Crippen LogP contribution in [0.4, 0.5) is 11.5 Å². The maximum Gasteiger partial charge on any atom is 0.330 e. The molecule has 32 heavy (non-hydrogen) atoms. The van der Waals surface area contributed by atoms with Gasteiger partial charge < -0.3 is 15.4 Å². The largest absolute Gasteiger partial charge is 0.383 e. The van der Waals surface area contributed by atoms with E-state index in [-0.39, 0.29) is 31.2 Å². The number of carbonyl (C=O) groups is 1. The van der Waals surface area contributed by atoms with Gasteiger partial charge in [-0.05, 0) is 19.4 Å². The van der Waals surface area contributed by atoms with Crippen molar-refractivity contribution >= 4 is 29.0 Å². The lowest BCUT2D eigenvalue weighted by atomic mass is 10.2. The summed E-state index contributed by atoms with van der Waals surface area (Å²) in [6.07, 6.45) is 0. The van der Waals surface area contributed by atoms with Crippen molar-refractivity contribution in [1.82, 2.24) is 19.3 Å². The van der Waals surface area contributed by atoms with E-state index in [0.717, 1.165) is 5.56 Å². The fraction of sp³-hybridized carbons (Fsp3) is 0.333. The molecule has 0 radical (unpaired) electrons. The molecule has 10 nitrogen and oxygen atoms in total. The number of aryl methyl sites for hydroxylation is 1. The van der Waals surface area contributed by atoms with Crippen LogP contribution in [0.5, 0.6) is 0 Å². The third-order valence-corrected chi connectivity index (χ3v) is 5.42. The Bertz CT molecular complexity index is 1220. The molecule has 2 aromatic heterocycles. The Morgan fingerprint density at radius 3 is 2.56 bits per heavy atom. The van der Waals surface area contributed by atoms with Gasteiger partial charge in [0.25, 0.3) is 5.56 Å². The van der Waals surface area contributed by atoms with Crippen molar-refractivity contribution in [2.24, 2.45) is 0 Å². The Morgan fingerprint density at radius 2 is 1.94 bits per heavy atom. The molecule has 170 valence electrons. The molecule has 0 saturated carbocycles. The number of halogens is 1. The topological polar surface area (TPSA) is 123 Å². The van der Waals surface area contributed by atoms with E-state index in [9.17, 15) is 14.4 Å². The third-order valence-electron chi connectivity index (χ3n) is 4.87. The van der Waals surface area contributed by atoms with Crippen LogP contribution in [0.15, 0.2) is 39.9 Å². The van der Waals surface area contributed by atoms with Crippen molar-refractivity contribution in [3.8, 4) is 0 Å². The van der Waals surface area contributed by atoms with Crippen molar-refractivity contribution < 1.29 is 9.53 Å². The highest BCUT2D eigenvalue weighted by Crippen LogP contribution is 2.20. The van der Waals surface area contributed by atoms with E-state index >= 15 is 0 Å². The molecule has 0 aliphatic heterocycles. The van der Waals surface area contributed by atoms with Gasteiger partial charge in [0, 0.05) is 13.7 Å². The molecule has 0 spiro atoms. The quantitative estimate of drug-likeness (QED) is 0.448. The van der Waals surface area contributed by atoms with Gasteiger partial charge in [-0.1, -0.05) is 41.9 Å². The van der Waals surface area contributed by atoms with Crippen LogP contribution in [-0.4, -0.2) is 39.0 Å². The Hall–Kier alpha value is -3.37. The van der Waals surface area contributed by atoms with Crippen molar-refractivity contribution in [2.45, 2.75) is 33.5 Å². The minimum Gasteiger partial charge on any atom is -0.383 e. The van der Waals surface area contributed by atoms with Gasteiger partial charge in [-0.2, -0.15) is 5.10 Å². The number of carbonyl (C=O) groups excluding carboxylic acids is 1. The molecule has 0 bridgehead atoms. The Balaban J connectivity index is 1.94. The molecule has 2 heterocycles. The van der Waals surface area contributed by atoms with Crippen LogP contribution in [0.25, 0.3) is 0 Å². The van der Waals surface area contributed by atoms with E-state index in [2.05, 4.69) is 20.7 Å². The van der Waals surface area contributed by atoms with Gasteiger partial charge in [-0.15, -0.1) is 0 Å². The number of aromatic nitrogens is 4. The molecule has 3 N–H and O–H groups in total. The minimum absolute atomic E-state index is 0.0596. The molecule has 1 amide bonds. The smallest absolute Gasteiger partial charge is 0.330 e. The van der Waals surface area contributed by atoms with E-state index < -0.39 is 17.2 Å². The summed E-state index contributed by atoms with van der Waals surface area (Å²) >= 11 is 6.16. The zero-order valence-electron chi connectivity index (χ0n) is 18.1. The summed E-state index contributed by atoms with van der Waals surface area (Å²) in [5.41, 5.74) is 0.964. The van der Waals surface area contributed by atoms with Crippen LogP contribution in [0.1, 0.15) is 17.0 Å². The Morgan fingerprint density at radius 1 is 1.22 bits per heavy atom. The molecule has 0 aliphatic carbocycles. The van der Waals surface area contributed by atoms with Gasteiger partial charge in [0.1, 0.15) is 18.1 Å². The van der Waals surface area contributed by atoms with Gasteiger partial charge in [0.15, 0.2) is 0 Å². The van der Waals surface area contributed by atoms with Gasteiger partial charge in [-0.3, -0.25) is 23.8 Å². The van der Waals surface area contributed by atoms with Crippen LogP contribution in [0, 0.1) is 13.8 Å². The van der Waals surface area contributed by atoms with Crippen molar-refractivity contribution in [3.05, 3.63) is 73.1 Å². The molecular weight excluding hydrogens is 436 g/mol. The summed E-state index contributed by atoms with van der Waals surface area (Å²) in [6, 6.07) is 9.43. The molecule has 0 atom stereocenters. The van der Waals surface area contributed by atoms with Crippen LogP contribution in [-0.2, 0) is 29.2 Å². The Kier molecular flexibility index (Phi) is 7.49. The average molecular weight is 461 g/mol. The maximum atomic E-state index is 12.8. The predicted molar refractivity (Wildman–Crippen MR) is 122 cm³/mol. The molecule has 0 aliphatic rings. The number of nitrogens with zero attached hydrogens (tertiary/aromatic N) is 3. The third kappa shape index (κ3) is 5.27. The lowest BCUT2D eigenvalue weighted by Crippen LogP contribution is -2.36. The second kappa shape index (κ2) is 10.3. The number of H-pyrrole nitrogens is 1. The molecule has 11 heteroatoms. The van der Waals surface area contributed by atoms with E-state index in [4.69, 9.17) is 16.3 Å². The highest BCUT2D eigenvalue weighted by atomic mass is 35.5. The summed E-state index contributed by atoms with van der Waals surface area (Å²) in [6.45, 7) is 4.03. The van der Waals surface area contributed by atoms with E-state index in [1.54, 1.807) is 13.8 Å². The number of methoxy groups -OCH3 is 1. The number of nitrogens with one attached hydrogen (secondary N) is 3. The first-order valence-electron chi connectivity index (χ1n) is 9.95. The first-order chi connectivity index (χ1) is 15.3. The highest BCUT2D eigenvalue weighted by Gasteiger charge is 2.19. The number of benzene rings is 1. The van der Waals surface area contributed by atoms with Gasteiger partial charge in [0.2, 0.25) is 5.91 Å². The maximum absolute atomic E-state index is 12.8. The predicted octanol–water partition coefficient (Wildman–Crippen LogP) is 1.90. The SMILES string of the molecule is COCCn1c(NC(=O)Cn2nc(C)c(Cl)c2C)c(NCc2ccccc2)c(=O)[nH]c1=O. The van der Waals surface area contributed by atoms with E-state index in [1.807, 2.05) is 30.3 Å². The van der Waals surface area contributed by atoms with Crippen LogP contribution in [0.2, 0.25) is 5.02 Å². The first-order valence-corrected chi connectivity index (χ1v) is 10.3. The second-order valence-corrected chi connectivity index (χ2v) is 7.54. The lowest BCUT2D eigenvalue weighted by Gasteiger charge is -2.18. The highest BCUT2D eigenvalue weighted by molar-refractivity contribution is 6.31. The van der Waals surface area contributed by atoms with Crippen molar-refractivity contribution in [3.63, 3.8) is 0 Å². The summed E-state index contributed by atoms with van der Waals surface area (Å²) in [5, 5.41) is 10.5. The summed E-state index contributed by atoms with van der Waals surface area (Å²) in [7, 11) is 1.50. The Labute approximate surface area is 189 Å². The van der Waals surface area contributed by atoms with Crippen LogP contribution < -0.4 is 21.9 Å². The number of aromatic amines is 1. The molecule has 1 aromatic carbocycles. The van der Waals surface area contributed by atoms with E-state index in [1.165, 1.54) is 16.4 Å². The molecule has 3 aromatic rings. The van der Waals surface area contributed by atoms with E-state index in [0.29, 0.717) is 23.0 Å². The fourth-order valence-corrected chi connectivity index (χ4v) is 3.32. The van der Waals surface area contributed by atoms with Gasteiger partial charge in [0.05, 0.1) is 29.6 Å². The standard InChI is InChI=1S/C21H25ClN6O4/c1-13-17(22)14(2)28(26-13)12-16(29)24-19-18(23-11-15-7-5-4-6-8-15)20(30)25-21(31)27(19)9-10-32-3/h4-8,23H,9-12H2,1-3H3,(H,24,29)(H,25,30,31). The van der Waals surface area contributed by atoms with Gasteiger partial charge in [-0.25, -0.2) is 4.79 Å². The van der Waals surface area contributed by atoms with Crippen LogP contribution in [0.3, 0.4) is 0 Å². The number of rotatable bonds is 9. The molecule has 0 saturated heterocycles.